The van der Waals surface area contributed by atoms with Crippen molar-refractivity contribution >= 4 is 18.3 Å². The van der Waals surface area contributed by atoms with Gasteiger partial charge in [-0.15, -0.1) is 17.5 Å². The number of rotatable bonds is 4. The summed E-state index contributed by atoms with van der Waals surface area (Å²) in [5.41, 5.74) is 1.28. The van der Waals surface area contributed by atoms with Crippen LogP contribution in [0.2, 0.25) is 0 Å². The fourth-order valence-electron chi connectivity index (χ4n) is 4.26. The molecule has 0 aliphatic carbocycles. The van der Waals surface area contributed by atoms with E-state index in [0.717, 1.165) is 25.4 Å². The molecule has 2 aliphatic rings. The minimum atomic E-state index is 0. The van der Waals surface area contributed by atoms with Crippen molar-refractivity contribution in [2.75, 3.05) is 33.8 Å². The third-order valence-electron chi connectivity index (χ3n) is 5.39. The van der Waals surface area contributed by atoms with Gasteiger partial charge in [-0.05, 0) is 41.1 Å². The summed E-state index contributed by atoms with van der Waals surface area (Å²) in [5.74, 6) is 1.91. The van der Waals surface area contributed by atoms with E-state index in [9.17, 15) is 4.79 Å². The molecule has 0 unspecified atom stereocenters. The highest BCUT2D eigenvalue weighted by atomic mass is 35.5. The maximum absolute atomic E-state index is 12.5. The largest absolute Gasteiger partial charge is 0.497 e. The number of nitrogens with zero attached hydrogens (tertiary/aromatic N) is 6. The van der Waals surface area contributed by atoms with Crippen molar-refractivity contribution in [3.8, 4) is 5.75 Å². The van der Waals surface area contributed by atoms with Crippen molar-refractivity contribution in [3.05, 3.63) is 36.2 Å². The number of aromatic nitrogens is 4. The molecule has 0 bridgehead atoms. The van der Waals surface area contributed by atoms with E-state index in [1.54, 1.807) is 7.11 Å². The highest BCUT2D eigenvalue weighted by molar-refractivity contribution is 5.85. The summed E-state index contributed by atoms with van der Waals surface area (Å²) in [5, 5.41) is 10.9. The fourth-order valence-corrected chi connectivity index (χ4v) is 4.26. The third-order valence-corrected chi connectivity index (χ3v) is 5.39. The standard InChI is InChI=1S/C17H22N6O2.ClH/c1-21-7-13-8-22(16(24)10-23-11-18-19-20-23)9-15(13)17(21)12-3-5-14(25-2)6-4-12;/h3-6,11,13,15,17H,7-10H2,1-2H3;1H/t13-,15+,17-;/m0./s1. The van der Waals surface area contributed by atoms with Gasteiger partial charge in [-0.2, -0.15) is 0 Å². The Balaban J connectivity index is 0.00000196. The van der Waals surface area contributed by atoms with Crippen LogP contribution in [0.25, 0.3) is 0 Å². The number of carbonyl (C=O) groups is 1. The van der Waals surface area contributed by atoms with Gasteiger partial charge in [0.15, 0.2) is 0 Å². The van der Waals surface area contributed by atoms with Crippen LogP contribution in [0.3, 0.4) is 0 Å². The summed E-state index contributed by atoms with van der Waals surface area (Å²) in [4.78, 5) is 16.9. The molecule has 0 radical (unpaired) electrons. The molecule has 1 aromatic carbocycles. The number of benzene rings is 1. The molecule has 0 spiro atoms. The topological polar surface area (TPSA) is 76.4 Å². The molecular formula is C17H23ClN6O2. The van der Waals surface area contributed by atoms with Gasteiger partial charge in [-0.1, -0.05) is 12.1 Å². The van der Waals surface area contributed by atoms with Crippen LogP contribution in [0.1, 0.15) is 11.6 Å². The Hall–Kier alpha value is -2.19. The number of fused-ring (bicyclic) bond motifs is 1. The molecule has 3 atom stereocenters. The number of amides is 1. The smallest absolute Gasteiger partial charge is 0.244 e. The minimum absolute atomic E-state index is 0. The second-order valence-corrected chi connectivity index (χ2v) is 6.89. The molecule has 1 amide bonds. The van der Waals surface area contributed by atoms with Crippen LogP contribution in [-0.4, -0.2) is 69.7 Å². The Labute approximate surface area is 158 Å². The van der Waals surface area contributed by atoms with Crippen LogP contribution in [0.4, 0.5) is 0 Å². The average molecular weight is 379 g/mol. The zero-order valence-electron chi connectivity index (χ0n) is 14.9. The van der Waals surface area contributed by atoms with Gasteiger partial charge in [0.1, 0.15) is 18.6 Å². The van der Waals surface area contributed by atoms with Crippen LogP contribution < -0.4 is 4.74 Å². The first-order valence-corrected chi connectivity index (χ1v) is 8.48. The molecule has 2 aromatic rings. The lowest BCUT2D eigenvalue weighted by Gasteiger charge is -2.27. The van der Waals surface area contributed by atoms with E-state index >= 15 is 0 Å². The minimum Gasteiger partial charge on any atom is -0.497 e. The predicted molar refractivity (Wildman–Crippen MR) is 97.0 cm³/mol. The van der Waals surface area contributed by atoms with E-state index in [1.165, 1.54) is 16.6 Å². The van der Waals surface area contributed by atoms with E-state index in [1.807, 2.05) is 17.0 Å². The van der Waals surface area contributed by atoms with Gasteiger partial charge in [0, 0.05) is 31.6 Å². The first kappa shape index (κ1) is 18.6. The molecule has 8 nitrogen and oxygen atoms in total. The van der Waals surface area contributed by atoms with Crippen LogP contribution >= 0.6 is 12.4 Å². The van der Waals surface area contributed by atoms with Gasteiger partial charge in [0.25, 0.3) is 0 Å². The van der Waals surface area contributed by atoms with Crippen LogP contribution in [0.15, 0.2) is 30.6 Å². The van der Waals surface area contributed by atoms with Gasteiger partial charge < -0.3 is 9.64 Å². The van der Waals surface area contributed by atoms with Crippen molar-refractivity contribution in [1.82, 2.24) is 30.0 Å². The number of carbonyl (C=O) groups excluding carboxylic acids is 1. The summed E-state index contributed by atoms with van der Waals surface area (Å²) in [6, 6.07) is 8.61. The molecule has 0 saturated carbocycles. The molecule has 3 heterocycles. The quantitative estimate of drug-likeness (QED) is 0.785. The van der Waals surface area contributed by atoms with Gasteiger partial charge in [0.05, 0.1) is 7.11 Å². The van der Waals surface area contributed by atoms with Crippen molar-refractivity contribution < 1.29 is 9.53 Å². The van der Waals surface area contributed by atoms with Gasteiger partial charge in [-0.3, -0.25) is 9.69 Å². The number of likely N-dealkylation sites (tertiary alicyclic amines) is 2. The van der Waals surface area contributed by atoms with Crippen LogP contribution in [0, 0.1) is 11.8 Å². The van der Waals surface area contributed by atoms with E-state index in [4.69, 9.17) is 4.74 Å². The number of ether oxygens (including phenoxy) is 1. The average Bonchev–Trinajstić information content (AvgIpc) is 3.31. The first-order valence-electron chi connectivity index (χ1n) is 8.48. The normalized spacial score (nSPS) is 25.0. The summed E-state index contributed by atoms with van der Waals surface area (Å²) >= 11 is 0. The molecule has 140 valence electrons. The molecule has 1 aromatic heterocycles. The number of hydrogen-bond donors (Lipinski definition) is 0. The summed E-state index contributed by atoms with van der Waals surface area (Å²) in [7, 11) is 3.85. The summed E-state index contributed by atoms with van der Waals surface area (Å²) in [6.45, 7) is 2.81. The molecule has 26 heavy (non-hydrogen) atoms. The lowest BCUT2D eigenvalue weighted by atomic mass is 9.89. The molecule has 2 saturated heterocycles. The molecular weight excluding hydrogens is 356 g/mol. The van der Waals surface area contributed by atoms with Crippen molar-refractivity contribution in [1.29, 1.82) is 0 Å². The number of tetrazole rings is 1. The molecule has 2 fully saturated rings. The number of hydrogen-bond acceptors (Lipinski definition) is 6. The third kappa shape index (κ3) is 3.39. The maximum atomic E-state index is 12.5. The number of halogens is 1. The second kappa shape index (κ2) is 7.59. The van der Waals surface area contributed by atoms with Crippen molar-refractivity contribution in [3.63, 3.8) is 0 Å². The first-order chi connectivity index (χ1) is 12.2. The Morgan fingerprint density at radius 2 is 2.00 bits per heavy atom. The highest BCUT2D eigenvalue weighted by Crippen LogP contribution is 2.44. The van der Waals surface area contributed by atoms with E-state index in [2.05, 4.69) is 39.6 Å². The summed E-state index contributed by atoms with van der Waals surface area (Å²) < 4.78 is 6.73. The van der Waals surface area contributed by atoms with Crippen LogP contribution in [-0.2, 0) is 11.3 Å². The lowest BCUT2D eigenvalue weighted by Crippen LogP contribution is -2.35. The Morgan fingerprint density at radius 3 is 2.65 bits per heavy atom. The predicted octanol–water partition coefficient (Wildman–Crippen LogP) is 0.865. The van der Waals surface area contributed by atoms with Crippen LogP contribution in [0.5, 0.6) is 5.75 Å². The Bertz CT molecular complexity index is 738. The van der Waals surface area contributed by atoms with E-state index < -0.39 is 0 Å². The van der Waals surface area contributed by atoms with Crippen molar-refractivity contribution in [2.24, 2.45) is 11.8 Å². The zero-order valence-corrected chi connectivity index (χ0v) is 15.7. The molecule has 9 heteroatoms. The zero-order chi connectivity index (χ0) is 17.4. The Kier molecular flexibility index (Phi) is 5.43. The van der Waals surface area contributed by atoms with Gasteiger partial charge in [0.2, 0.25) is 5.91 Å². The SMILES string of the molecule is COc1ccc([C@H]2[C@@H]3CN(C(=O)Cn4cnnn4)C[C@@H]3CN2C)cc1.Cl. The van der Waals surface area contributed by atoms with E-state index in [-0.39, 0.29) is 24.9 Å². The summed E-state index contributed by atoms with van der Waals surface area (Å²) in [6.07, 6.45) is 1.47. The molecule has 0 N–H and O–H groups in total. The fraction of sp³-hybridized carbons (Fsp3) is 0.529. The van der Waals surface area contributed by atoms with E-state index in [0.29, 0.717) is 17.9 Å². The highest BCUT2D eigenvalue weighted by Gasteiger charge is 2.47. The number of methoxy groups -OCH3 is 1. The Morgan fingerprint density at radius 1 is 1.23 bits per heavy atom. The lowest BCUT2D eigenvalue weighted by molar-refractivity contribution is -0.131. The van der Waals surface area contributed by atoms with Gasteiger partial charge >= 0.3 is 0 Å². The van der Waals surface area contributed by atoms with Crippen molar-refractivity contribution in [2.45, 2.75) is 12.6 Å². The van der Waals surface area contributed by atoms with Gasteiger partial charge in [-0.25, -0.2) is 4.68 Å². The maximum Gasteiger partial charge on any atom is 0.244 e. The monoisotopic (exact) mass is 378 g/mol. The molecule has 4 rings (SSSR count). The second-order valence-electron chi connectivity index (χ2n) is 6.89. The molecule has 2 aliphatic heterocycles.